The molecule has 1 saturated heterocycles. The van der Waals surface area contributed by atoms with Crippen LogP contribution in [0.3, 0.4) is 0 Å². The summed E-state index contributed by atoms with van der Waals surface area (Å²) in [6, 6.07) is 0.664. The molecule has 1 amide bonds. The van der Waals surface area contributed by atoms with Crippen LogP contribution in [0.1, 0.15) is 33.1 Å². The van der Waals surface area contributed by atoms with Crippen LogP contribution in [-0.2, 0) is 4.79 Å². The third kappa shape index (κ3) is 2.55. The van der Waals surface area contributed by atoms with E-state index in [-0.39, 0.29) is 11.8 Å². The first-order valence-corrected chi connectivity index (χ1v) is 6.25. The van der Waals surface area contributed by atoms with E-state index in [0.29, 0.717) is 25.6 Å². The van der Waals surface area contributed by atoms with E-state index in [1.807, 2.05) is 13.8 Å². The smallest absolute Gasteiger partial charge is 0.224 e. The molecule has 1 aliphatic heterocycles. The molecule has 0 aromatic rings. The zero-order valence-electron chi connectivity index (χ0n) is 10.2. The quantitative estimate of drug-likeness (QED) is 0.711. The minimum Gasteiger partial charge on any atom is -0.386 e. The highest BCUT2D eigenvalue weighted by Gasteiger charge is 2.45. The second-order valence-electron chi connectivity index (χ2n) is 5.49. The van der Waals surface area contributed by atoms with Crippen molar-refractivity contribution < 1.29 is 9.90 Å². The highest BCUT2D eigenvalue weighted by molar-refractivity contribution is 5.77. The average molecular weight is 226 g/mol. The molecule has 0 radical (unpaired) electrons. The average Bonchev–Trinajstić information content (AvgIpc) is 2.96. The van der Waals surface area contributed by atoms with Gasteiger partial charge in [-0.05, 0) is 18.8 Å². The fraction of sp³-hybridized carbons (Fsp3) is 0.917. The fourth-order valence-corrected chi connectivity index (χ4v) is 1.99. The lowest BCUT2D eigenvalue weighted by Crippen LogP contribution is -2.66. The van der Waals surface area contributed by atoms with Gasteiger partial charge in [0, 0.05) is 19.0 Å². The van der Waals surface area contributed by atoms with E-state index in [2.05, 4.69) is 5.32 Å². The predicted molar refractivity (Wildman–Crippen MR) is 62.0 cm³/mol. The summed E-state index contributed by atoms with van der Waals surface area (Å²) < 4.78 is 0. The topological polar surface area (TPSA) is 52.6 Å². The van der Waals surface area contributed by atoms with Crippen LogP contribution in [0.2, 0.25) is 0 Å². The zero-order chi connectivity index (χ0) is 11.8. The van der Waals surface area contributed by atoms with Crippen molar-refractivity contribution in [2.24, 2.45) is 5.92 Å². The molecule has 0 spiro atoms. The third-order valence-electron chi connectivity index (χ3n) is 3.71. The number of aliphatic hydroxyl groups is 1. The summed E-state index contributed by atoms with van der Waals surface area (Å²) in [5, 5.41) is 13.3. The molecule has 1 heterocycles. The summed E-state index contributed by atoms with van der Waals surface area (Å²) in [6.45, 7) is 5.78. The van der Waals surface area contributed by atoms with Gasteiger partial charge < -0.3 is 15.3 Å². The summed E-state index contributed by atoms with van der Waals surface area (Å²) in [5.74, 6) is 0.389. The van der Waals surface area contributed by atoms with Gasteiger partial charge in [-0.1, -0.05) is 13.8 Å². The van der Waals surface area contributed by atoms with E-state index >= 15 is 0 Å². The van der Waals surface area contributed by atoms with E-state index in [1.54, 1.807) is 4.90 Å². The van der Waals surface area contributed by atoms with E-state index in [1.165, 1.54) is 12.8 Å². The van der Waals surface area contributed by atoms with Crippen molar-refractivity contribution in [1.82, 2.24) is 10.2 Å². The molecule has 0 unspecified atom stereocenters. The van der Waals surface area contributed by atoms with E-state index in [4.69, 9.17) is 0 Å². The number of β-amino-alcohol motifs (C(OH)–C–C–N with tert-alkyl or cyclic N) is 1. The third-order valence-corrected chi connectivity index (χ3v) is 3.71. The lowest BCUT2D eigenvalue weighted by Gasteiger charge is -2.49. The summed E-state index contributed by atoms with van der Waals surface area (Å²) in [4.78, 5) is 13.5. The number of amides is 1. The summed E-state index contributed by atoms with van der Waals surface area (Å²) >= 11 is 0. The lowest BCUT2D eigenvalue weighted by molar-refractivity contribution is -0.163. The number of nitrogens with zero attached hydrogens (tertiary/aromatic N) is 1. The molecule has 0 aromatic heterocycles. The van der Waals surface area contributed by atoms with E-state index < -0.39 is 5.60 Å². The first kappa shape index (κ1) is 11.9. The molecule has 2 N–H and O–H groups in total. The van der Waals surface area contributed by atoms with Crippen molar-refractivity contribution in [3.05, 3.63) is 0 Å². The normalized spacial score (nSPS) is 23.4. The Kier molecular flexibility index (Phi) is 3.22. The van der Waals surface area contributed by atoms with Crippen molar-refractivity contribution in [3.63, 3.8) is 0 Å². The van der Waals surface area contributed by atoms with Crippen molar-refractivity contribution >= 4 is 5.91 Å². The molecular formula is C12H22N2O2. The first-order chi connectivity index (χ1) is 7.51. The van der Waals surface area contributed by atoms with Gasteiger partial charge in [-0.2, -0.15) is 0 Å². The van der Waals surface area contributed by atoms with Gasteiger partial charge >= 0.3 is 0 Å². The number of carbonyl (C=O) groups is 1. The van der Waals surface area contributed by atoms with Crippen LogP contribution < -0.4 is 5.32 Å². The second-order valence-corrected chi connectivity index (χ2v) is 5.49. The largest absolute Gasteiger partial charge is 0.386 e. The van der Waals surface area contributed by atoms with Crippen LogP contribution in [0.5, 0.6) is 0 Å². The first-order valence-electron chi connectivity index (χ1n) is 6.25. The maximum Gasteiger partial charge on any atom is 0.224 e. The highest BCUT2D eigenvalue weighted by atomic mass is 16.3. The van der Waals surface area contributed by atoms with Crippen molar-refractivity contribution in [2.45, 2.75) is 44.8 Å². The maximum absolute atomic E-state index is 11.7. The Morgan fingerprint density at radius 3 is 2.62 bits per heavy atom. The molecule has 2 fully saturated rings. The minimum atomic E-state index is -0.639. The second kappa shape index (κ2) is 4.34. The van der Waals surface area contributed by atoms with Gasteiger partial charge in [0.15, 0.2) is 0 Å². The van der Waals surface area contributed by atoms with Gasteiger partial charge in [-0.25, -0.2) is 0 Å². The summed E-state index contributed by atoms with van der Waals surface area (Å²) in [7, 11) is 0. The molecule has 4 nitrogen and oxygen atoms in total. The molecular weight excluding hydrogens is 204 g/mol. The van der Waals surface area contributed by atoms with Crippen molar-refractivity contribution in [2.75, 3.05) is 19.6 Å². The Morgan fingerprint density at radius 1 is 1.50 bits per heavy atom. The number of rotatable bonds is 5. The van der Waals surface area contributed by atoms with Gasteiger partial charge in [0.1, 0.15) is 5.60 Å². The van der Waals surface area contributed by atoms with Crippen LogP contribution >= 0.6 is 0 Å². The Balaban J connectivity index is 1.64. The van der Waals surface area contributed by atoms with Gasteiger partial charge in [0.05, 0.1) is 13.1 Å². The molecule has 16 heavy (non-hydrogen) atoms. The fourth-order valence-electron chi connectivity index (χ4n) is 1.99. The maximum atomic E-state index is 11.7. The standard InChI is InChI=1S/C12H22N2O2/c1-9(2)12(16)7-14(8-12)11(15)5-6-13-10-3-4-10/h9-10,13,16H,3-8H2,1-2H3. The Morgan fingerprint density at radius 2 is 2.12 bits per heavy atom. The number of hydrogen-bond acceptors (Lipinski definition) is 3. The van der Waals surface area contributed by atoms with Crippen molar-refractivity contribution in [3.8, 4) is 0 Å². The minimum absolute atomic E-state index is 0.165. The number of nitrogens with one attached hydrogen (secondary N) is 1. The summed E-state index contributed by atoms with van der Waals surface area (Å²) in [6.07, 6.45) is 3.07. The molecule has 0 atom stereocenters. The monoisotopic (exact) mass is 226 g/mol. The Bertz CT molecular complexity index is 268. The zero-order valence-corrected chi connectivity index (χ0v) is 10.2. The molecule has 92 valence electrons. The number of carbonyl (C=O) groups excluding carboxylic acids is 1. The van der Waals surface area contributed by atoms with Crippen LogP contribution in [-0.4, -0.2) is 47.2 Å². The van der Waals surface area contributed by atoms with Gasteiger partial charge in [-0.15, -0.1) is 0 Å². The van der Waals surface area contributed by atoms with Crippen molar-refractivity contribution in [1.29, 1.82) is 0 Å². The molecule has 1 saturated carbocycles. The predicted octanol–water partition coefficient (Wildman–Crippen LogP) is 0.358. The van der Waals surface area contributed by atoms with E-state index in [0.717, 1.165) is 6.54 Å². The molecule has 4 heteroatoms. The van der Waals surface area contributed by atoms with Crippen LogP contribution in [0, 0.1) is 5.92 Å². The Hall–Kier alpha value is -0.610. The van der Waals surface area contributed by atoms with Crippen LogP contribution in [0.4, 0.5) is 0 Å². The lowest BCUT2D eigenvalue weighted by atomic mass is 9.83. The molecule has 0 bridgehead atoms. The highest BCUT2D eigenvalue weighted by Crippen LogP contribution is 2.28. The SMILES string of the molecule is CC(C)C1(O)CN(C(=O)CCNC2CC2)C1. The molecule has 1 aliphatic carbocycles. The molecule has 0 aromatic carbocycles. The Labute approximate surface area is 97.0 Å². The van der Waals surface area contributed by atoms with E-state index in [9.17, 15) is 9.90 Å². The molecule has 2 rings (SSSR count). The number of hydrogen-bond donors (Lipinski definition) is 2. The van der Waals surface area contributed by atoms with Gasteiger partial charge in [-0.3, -0.25) is 4.79 Å². The van der Waals surface area contributed by atoms with Gasteiger partial charge in [0.25, 0.3) is 0 Å². The number of likely N-dealkylation sites (tertiary alicyclic amines) is 1. The van der Waals surface area contributed by atoms with Gasteiger partial charge in [0.2, 0.25) is 5.91 Å². The van der Waals surface area contributed by atoms with Crippen LogP contribution in [0.15, 0.2) is 0 Å². The molecule has 2 aliphatic rings. The van der Waals surface area contributed by atoms with Crippen LogP contribution in [0.25, 0.3) is 0 Å². The summed E-state index contributed by atoms with van der Waals surface area (Å²) in [5.41, 5.74) is -0.639.